The molecule has 2 atom stereocenters. The van der Waals surface area contributed by atoms with Gasteiger partial charge in [0.2, 0.25) is 0 Å². The van der Waals surface area contributed by atoms with Crippen LogP contribution in [0.1, 0.15) is 51.0 Å². The van der Waals surface area contributed by atoms with E-state index in [0.717, 1.165) is 25.7 Å². The van der Waals surface area contributed by atoms with Crippen molar-refractivity contribution in [3.8, 4) is 0 Å². The molecule has 1 saturated carbocycles. The van der Waals surface area contributed by atoms with Gasteiger partial charge in [0.15, 0.2) is 0 Å². The molecule has 5 rings (SSSR count). The number of nitro groups is 2. The fourth-order valence-corrected chi connectivity index (χ4v) is 5.14. The number of hydrogen-bond donors (Lipinski definition) is 1. The quantitative estimate of drug-likeness (QED) is 0.557. The molecule has 31 heavy (non-hydrogen) atoms. The van der Waals surface area contributed by atoms with E-state index in [1.165, 1.54) is 18.2 Å². The Hall–Kier alpha value is -3.01. The first kappa shape index (κ1) is 21.2. The third-order valence-electron chi connectivity index (χ3n) is 6.95. The van der Waals surface area contributed by atoms with E-state index in [0.29, 0.717) is 23.7 Å². The minimum Gasteiger partial charge on any atom is -0.382 e. The molecule has 10 heteroatoms. The second-order valence-corrected chi connectivity index (χ2v) is 8.98. The van der Waals surface area contributed by atoms with Gasteiger partial charge in [-0.05, 0) is 51.0 Å². The number of allylic oxidation sites excluding steroid dienone is 2. The van der Waals surface area contributed by atoms with Crippen LogP contribution >= 0.6 is 0 Å². The average Bonchev–Trinajstić information content (AvgIpc) is 2.75. The van der Waals surface area contributed by atoms with E-state index in [1.807, 2.05) is 0 Å². The third kappa shape index (κ3) is 3.76. The highest BCUT2D eigenvalue weighted by molar-refractivity contribution is 5.79. The molecule has 1 aromatic carbocycles. The number of nitro benzene ring substituents is 1. The summed E-state index contributed by atoms with van der Waals surface area (Å²) in [5.41, 5.74) is -0.981. The van der Waals surface area contributed by atoms with Crippen LogP contribution in [0, 0.1) is 31.6 Å². The number of hydrogen-bond acceptors (Lipinski definition) is 8. The molecule has 2 saturated heterocycles. The van der Waals surface area contributed by atoms with Crippen LogP contribution in [0.5, 0.6) is 0 Å². The normalized spacial score (nSPS) is 30.6. The molecule has 4 aliphatic rings. The minimum absolute atomic E-state index is 0.129. The number of carbonyl (C=O) groups excluding carboxylic acids is 1. The Kier molecular flexibility index (Phi) is 5.42. The minimum atomic E-state index is -1.31. The SMILES string of the molecule is CC1=C([N+](=O)[O-])C(c2cccc([N+](=O)[O-])c2)C(C)(C(=O)ON2CC3CCC2CC3)CN1. The zero-order chi connectivity index (χ0) is 22.3. The Balaban J connectivity index is 1.72. The van der Waals surface area contributed by atoms with Crippen molar-refractivity contribution in [3.63, 3.8) is 0 Å². The first-order chi connectivity index (χ1) is 14.7. The predicted octanol–water partition coefficient (Wildman–Crippen LogP) is 3.13. The van der Waals surface area contributed by atoms with E-state index in [1.54, 1.807) is 25.0 Å². The number of non-ortho nitro benzene ring substituents is 1. The van der Waals surface area contributed by atoms with Gasteiger partial charge < -0.3 is 10.2 Å². The highest BCUT2D eigenvalue weighted by Crippen LogP contribution is 2.47. The van der Waals surface area contributed by atoms with E-state index in [4.69, 9.17) is 4.84 Å². The smallest absolute Gasteiger partial charge is 0.333 e. The van der Waals surface area contributed by atoms with Gasteiger partial charge in [-0.25, -0.2) is 4.79 Å². The predicted molar refractivity (Wildman–Crippen MR) is 110 cm³/mol. The summed E-state index contributed by atoms with van der Waals surface area (Å²) in [5, 5.41) is 28.0. The summed E-state index contributed by atoms with van der Waals surface area (Å²) in [6, 6.07) is 5.89. The molecule has 2 unspecified atom stereocenters. The molecule has 3 heterocycles. The molecule has 0 amide bonds. The maximum Gasteiger partial charge on any atom is 0.333 e. The lowest BCUT2D eigenvalue weighted by molar-refractivity contribution is -0.435. The molecule has 1 N–H and O–H groups in total. The fourth-order valence-electron chi connectivity index (χ4n) is 5.14. The molecule has 3 fully saturated rings. The second kappa shape index (κ2) is 7.92. The summed E-state index contributed by atoms with van der Waals surface area (Å²) in [4.78, 5) is 41.5. The van der Waals surface area contributed by atoms with Crippen molar-refractivity contribution in [1.82, 2.24) is 10.4 Å². The standard InChI is InChI=1S/C21H26N4O6/c1-13-19(25(29)30)18(15-4-3-5-17(10-15)24(27)28)21(2,12-22-13)20(26)31-23-11-14-6-8-16(23)9-7-14/h3-5,10,14,16,18,22H,6-9,11-12H2,1-2H3. The van der Waals surface area contributed by atoms with Crippen LogP contribution in [0.4, 0.5) is 5.69 Å². The molecule has 3 aliphatic heterocycles. The summed E-state index contributed by atoms with van der Waals surface area (Å²) in [5.74, 6) is -1.05. The summed E-state index contributed by atoms with van der Waals surface area (Å²) in [6.45, 7) is 4.02. The molecule has 10 nitrogen and oxygen atoms in total. The van der Waals surface area contributed by atoms with Gasteiger partial charge in [0.1, 0.15) is 5.41 Å². The lowest BCUT2D eigenvalue weighted by Gasteiger charge is -2.45. The lowest BCUT2D eigenvalue weighted by atomic mass is 9.69. The topological polar surface area (TPSA) is 128 Å². The van der Waals surface area contributed by atoms with Crippen molar-refractivity contribution < 1.29 is 19.5 Å². The Morgan fingerprint density at radius 2 is 1.90 bits per heavy atom. The maximum atomic E-state index is 13.5. The van der Waals surface area contributed by atoms with Crippen LogP contribution < -0.4 is 5.32 Å². The number of nitrogens with one attached hydrogen (secondary N) is 1. The van der Waals surface area contributed by atoms with Crippen LogP contribution in [0.3, 0.4) is 0 Å². The van der Waals surface area contributed by atoms with Gasteiger partial charge >= 0.3 is 5.97 Å². The summed E-state index contributed by atoms with van der Waals surface area (Å²) in [6.07, 6.45) is 4.20. The van der Waals surface area contributed by atoms with Gasteiger partial charge in [-0.1, -0.05) is 12.1 Å². The Bertz CT molecular complexity index is 955. The number of nitrogens with zero attached hydrogens (tertiary/aromatic N) is 3. The van der Waals surface area contributed by atoms with Crippen LogP contribution in [0.2, 0.25) is 0 Å². The number of piperidine rings is 2. The van der Waals surface area contributed by atoms with E-state index in [-0.39, 0.29) is 24.0 Å². The summed E-state index contributed by atoms with van der Waals surface area (Å²) >= 11 is 0. The van der Waals surface area contributed by atoms with Gasteiger partial charge in [0, 0.05) is 31.3 Å². The molecule has 2 bridgehead atoms. The maximum absolute atomic E-state index is 13.5. The highest BCUT2D eigenvalue weighted by Gasteiger charge is 2.54. The zero-order valence-electron chi connectivity index (χ0n) is 17.6. The molecule has 1 aliphatic carbocycles. The number of hydroxylamine groups is 2. The molecule has 0 radical (unpaired) electrons. The molecular weight excluding hydrogens is 404 g/mol. The van der Waals surface area contributed by atoms with Crippen molar-refractivity contribution in [2.75, 3.05) is 13.1 Å². The van der Waals surface area contributed by atoms with E-state index < -0.39 is 27.1 Å². The molecule has 0 spiro atoms. The van der Waals surface area contributed by atoms with Crippen molar-refractivity contribution >= 4 is 11.7 Å². The van der Waals surface area contributed by atoms with Crippen molar-refractivity contribution in [1.29, 1.82) is 0 Å². The second-order valence-electron chi connectivity index (χ2n) is 8.98. The monoisotopic (exact) mass is 430 g/mol. The highest BCUT2D eigenvalue weighted by atomic mass is 16.7. The first-order valence-corrected chi connectivity index (χ1v) is 10.5. The Labute approximate surface area is 179 Å². The van der Waals surface area contributed by atoms with Gasteiger partial charge in [-0.15, -0.1) is 5.06 Å². The number of benzene rings is 1. The molecule has 166 valence electrons. The fraction of sp³-hybridized carbons (Fsp3) is 0.571. The largest absolute Gasteiger partial charge is 0.382 e. The van der Waals surface area contributed by atoms with Crippen LogP contribution in [-0.2, 0) is 9.63 Å². The van der Waals surface area contributed by atoms with Crippen molar-refractivity contribution in [3.05, 3.63) is 61.5 Å². The first-order valence-electron chi connectivity index (χ1n) is 10.5. The molecule has 1 aromatic rings. The summed E-state index contributed by atoms with van der Waals surface area (Å²) < 4.78 is 0. The zero-order valence-corrected chi connectivity index (χ0v) is 17.6. The van der Waals surface area contributed by atoms with Crippen molar-refractivity contribution in [2.45, 2.75) is 51.5 Å². The number of rotatable bonds is 5. The van der Waals surface area contributed by atoms with E-state index >= 15 is 0 Å². The van der Waals surface area contributed by atoms with Gasteiger partial charge in [0.05, 0.1) is 21.5 Å². The summed E-state index contributed by atoms with van der Waals surface area (Å²) in [7, 11) is 0. The van der Waals surface area contributed by atoms with Gasteiger partial charge in [0.25, 0.3) is 11.4 Å². The molecular formula is C21H26N4O6. The Morgan fingerprint density at radius 1 is 1.19 bits per heavy atom. The number of fused-ring (bicyclic) bond motifs is 3. The Morgan fingerprint density at radius 3 is 2.48 bits per heavy atom. The van der Waals surface area contributed by atoms with Crippen LogP contribution in [0.15, 0.2) is 35.7 Å². The lowest BCUT2D eigenvalue weighted by Crippen LogP contribution is -2.54. The third-order valence-corrected chi connectivity index (χ3v) is 6.95. The van der Waals surface area contributed by atoms with E-state index in [9.17, 15) is 25.0 Å². The van der Waals surface area contributed by atoms with E-state index in [2.05, 4.69) is 5.32 Å². The number of carbonyl (C=O) groups is 1. The molecule has 0 aromatic heterocycles. The van der Waals surface area contributed by atoms with Crippen LogP contribution in [-0.4, -0.2) is 40.0 Å². The van der Waals surface area contributed by atoms with Gasteiger partial charge in [-0.3, -0.25) is 20.2 Å². The van der Waals surface area contributed by atoms with Gasteiger partial charge in [-0.2, -0.15) is 0 Å². The van der Waals surface area contributed by atoms with Crippen LogP contribution in [0.25, 0.3) is 0 Å². The average molecular weight is 430 g/mol. The van der Waals surface area contributed by atoms with Crippen molar-refractivity contribution in [2.24, 2.45) is 11.3 Å².